The van der Waals surface area contributed by atoms with E-state index in [4.69, 9.17) is 5.11 Å². The summed E-state index contributed by atoms with van der Waals surface area (Å²) in [7, 11) is 3.46. The summed E-state index contributed by atoms with van der Waals surface area (Å²) < 4.78 is 1.63. The molecule has 0 saturated carbocycles. The van der Waals surface area contributed by atoms with Gasteiger partial charge < -0.3 is 15.3 Å². The van der Waals surface area contributed by atoms with Crippen LogP contribution in [0, 0.1) is 11.3 Å². The third kappa shape index (κ3) is 3.58. The molecule has 132 valence electrons. The van der Waals surface area contributed by atoms with Gasteiger partial charge >= 0.3 is 5.97 Å². The molecule has 24 heavy (non-hydrogen) atoms. The Morgan fingerprint density at radius 2 is 2.08 bits per heavy atom. The van der Waals surface area contributed by atoms with Gasteiger partial charge in [-0.25, -0.2) is 0 Å². The third-order valence-corrected chi connectivity index (χ3v) is 4.55. The van der Waals surface area contributed by atoms with E-state index in [0.717, 1.165) is 5.56 Å². The number of amides is 2. The Balaban J connectivity index is 2.18. The quantitative estimate of drug-likeness (QED) is 0.817. The molecule has 2 N–H and O–H groups in total. The molecule has 0 bridgehead atoms. The van der Waals surface area contributed by atoms with Crippen molar-refractivity contribution >= 4 is 17.8 Å². The Hall–Kier alpha value is -2.38. The van der Waals surface area contributed by atoms with Crippen molar-refractivity contribution in [2.24, 2.45) is 18.4 Å². The highest BCUT2D eigenvalue weighted by atomic mass is 16.4. The summed E-state index contributed by atoms with van der Waals surface area (Å²) >= 11 is 0. The molecule has 0 spiro atoms. The SMILES string of the molecule is CN1C(=O)CC[C@@H](C(=O)NCC(C)(C)C(=O)O)[C@@H]1c1cnn(C)c1. The molecule has 2 atom stereocenters. The maximum Gasteiger partial charge on any atom is 0.310 e. The average molecular weight is 336 g/mol. The number of carbonyl (C=O) groups excluding carboxylic acids is 2. The first-order valence-corrected chi connectivity index (χ1v) is 7.89. The fraction of sp³-hybridized carbons (Fsp3) is 0.625. The van der Waals surface area contributed by atoms with Crippen molar-refractivity contribution < 1.29 is 19.5 Å². The van der Waals surface area contributed by atoms with Crippen LogP contribution < -0.4 is 5.32 Å². The van der Waals surface area contributed by atoms with Crippen LogP contribution in [0.3, 0.4) is 0 Å². The van der Waals surface area contributed by atoms with Crippen molar-refractivity contribution in [2.45, 2.75) is 32.7 Å². The van der Waals surface area contributed by atoms with E-state index >= 15 is 0 Å². The van der Waals surface area contributed by atoms with Gasteiger partial charge in [0.2, 0.25) is 11.8 Å². The molecule has 0 unspecified atom stereocenters. The zero-order valence-electron chi connectivity index (χ0n) is 14.4. The van der Waals surface area contributed by atoms with Crippen LogP contribution in [0.1, 0.15) is 38.3 Å². The van der Waals surface area contributed by atoms with Gasteiger partial charge in [0.25, 0.3) is 0 Å². The number of aliphatic carboxylic acids is 1. The molecule has 1 aliphatic heterocycles. The van der Waals surface area contributed by atoms with Crippen LogP contribution >= 0.6 is 0 Å². The molecule has 1 aliphatic rings. The van der Waals surface area contributed by atoms with E-state index in [1.807, 2.05) is 0 Å². The molecular weight excluding hydrogens is 312 g/mol. The van der Waals surface area contributed by atoms with Gasteiger partial charge in [0.1, 0.15) is 0 Å². The summed E-state index contributed by atoms with van der Waals surface area (Å²) in [4.78, 5) is 37.4. The van der Waals surface area contributed by atoms with Gasteiger partial charge in [-0.3, -0.25) is 19.1 Å². The minimum atomic E-state index is -1.05. The minimum absolute atomic E-state index is 0.0150. The zero-order chi connectivity index (χ0) is 18.1. The zero-order valence-corrected chi connectivity index (χ0v) is 14.4. The number of carboxylic acids is 1. The first-order chi connectivity index (χ1) is 11.1. The monoisotopic (exact) mass is 336 g/mol. The summed E-state index contributed by atoms with van der Waals surface area (Å²) in [5.74, 6) is -1.65. The third-order valence-electron chi connectivity index (χ3n) is 4.55. The number of carboxylic acid groups (broad SMARTS) is 1. The largest absolute Gasteiger partial charge is 0.481 e. The average Bonchev–Trinajstić information content (AvgIpc) is 2.93. The Morgan fingerprint density at radius 3 is 2.62 bits per heavy atom. The van der Waals surface area contributed by atoms with Crippen molar-refractivity contribution in [3.8, 4) is 0 Å². The molecule has 2 amide bonds. The highest BCUT2D eigenvalue weighted by molar-refractivity contribution is 5.85. The van der Waals surface area contributed by atoms with Crippen LogP contribution in [0.4, 0.5) is 0 Å². The summed E-state index contributed by atoms with van der Waals surface area (Å²) in [5.41, 5.74) is -0.249. The Labute approximate surface area is 140 Å². The van der Waals surface area contributed by atoms with Crippen molar-refractivity contribution in [1.82, 2.24) is 20.0 Å². The normalized spacial score (nSPS) is 21.7. The second-order valence-corrected chi connectivity index (χ2v) is 6.95. The summed E-state index contributed by atoms with van der Waals surface area (Å²) in [6.45, 7) is 3.16. The second kappa shape index (κ2) is 6.62. The van der Waals surface area contributed by atoms with E-state index < -0.39 is 23.3 Å². The van der Waals surface area contributed by atoms with E-state index in [9.17, 15) is 14.4 Å². The first kappa shape index (κ1) is 18.0. The molecule has 1 aromatic heterocycles. The van der Waals surface area contributed by atoms with Crippen molar-refractivity contribution in [2.75, 3.05) is 13.6 Å². The number of hydrogen-bond acceptors (Lipinski definition) is 4. The van der Waals surface area contributed by atoms with Gasteiger partial charge in [-0.15, -0.1) is 0 Å². The molecule has 8 nitrogen and oxygen atoms in total. The Morgan fingerprint density at radius 1 is 1.42 bits per heavy atom. The molecule has 0 radical (unpaired) electrons. The summed E-state index contributed by atoms with van der Waals surface area (Å²) in [6.07, 6.45) is 4.18. The van der Waals surface area contributed by atoms with Gasteiger partial charge in [0.15, 0.2) is 0 Å². The topological polar surface area (TPSA) is 105 Å². The lowest BCUT2D eigenvalue weighted by atomic mass is 9.84. The fourth-order valence-electron chi connectivity index (χ4n) is 2.88. The predicted octanol–water partition coefficient (Wildman–Crippen LogP) is 0.557. The van der Waals surface area contributed by atoms with Gasteiger partial charge in [-0.05, 0) is 20.3 Å². The molecule has 8 heteroatoms. The predicted molar refractivity (Wildman–Crippen MR) is 85.9 cm³/mol. The number of piperidine rings is 1. The fourth-order valence-corrected chi connectivity index (χ4v) is 2.88. The standard InChI is InChI=1S/C16H24N4O4/c1-16(2,15(23)24)9-17-14(22)11-5-6-12(21)20(4)13(11)10-7-18-19(3)8-10/h7-8,11,13H,5-6,9H2,1-4H3,(H,17,22)(H,23,24)/t11-,13+/m1/s1. The van der Waals surface area contributed by atoms with Gasteiger partial charge in [0, 0.05) is 38.8 Å². The number of nitrogens with one attached hydrogen (secondary N) is 1. The second-order valence-electron chi connectivity index (χ2n) is 6.95. The van der Waals surface area contributed by atoms with E-state index in [0.29, 0.717) is 12.8 Å². The number of hydrogen-bond donors (Lipinski definition) is 2. The minimum Gasteiger partial charge on any atom is -0.481 e. The smallest absolute Gasteiger partial charge is 0.310 e. The lowest BCUT2D eigenvalue weighted by Crippen LogP contribution is -2.48. The molecule has 2 heterocycles. The van der Waals surface area contributed by atoms with Crippen LogP contribution in [-0.2, 0) is 21.4 Å². The molecular formula is C16H24N4O4. The number of aromatic nitrogens is 2. The van der Waals surface area contributed by atoms with E-state index in [1.54, 1.807) is 49.9 Å². The number of aryl methyl sites for hydroxylation is 1. The lowest BCUT2D eigenvalue weighted by Gasteiger charge is -2.38. The summed E-state index contributed by atoms with van der Waals surface area (Å²) in [5, 5.41) is 16.0. The lowest BCUT2D eigenvalue weighted by molar-refractivity contribution is -0.147. The van der Waals surface area contributed by atoms with E-state index in [2.05, 4.69) is 10.4 Å². The van der Waals surface area contributed by atoms with Crippen LogP contribution in [0.2, 0.25) is 0 Å². The molecule has 2 rings (SSSR count). The van der Waals surface area contributed by atoms with Gasteiger partial charge in [-0.2, -0.15) is 5.10 Å². The van der Waals surface area contributed by atoms with Crippen LogP contribution in [0.5, 0.6) is 0 Å². The van der Waals surface area contributed by atoms with Crippen LogP contribution in [0.15, 0.2) is 12.4 Å². The van der Waals surface area contributed by atoms with Crippen LogP contribution in [0.25, 0.3) is 0 Å². The molecule has 1 saturated heterocycles. The summed E-state index contributed by atoms with van der Waals surface area (Å²) in [6, 6.07) is -0.395. The molecule has 1 aromatic rings. The maximum atomic E-state index is 12.6. The molecule has 0 aromatic carbocycles. The van der Waals surface area contributed by atoms with Crippen molar-refractivity contribution in [3.63, 3.8) is 0 Å². The van der Waals surface area contributed by atoms with Crippen molar-refractivity contribution in [3.05, 3.63) is 18.0 Å². The number of nitrogens with zero attached hydrogens (tertiary/aromatic N) is 3. The van der Waals surface area contributed by atoms with Crippen LogP contribution in [-0.4, -0.2) is 51.2 Å². The number of carbonyl (C=O) groups is 3. The highest BCUT2D eigenvalue weighted by Crippen LogP contribution is 2.35. The highest BCUT2D eigenvalue weighted by Gasteiger charge is 2.40. The van der Waals surface area contributed by atoms with Crippen molar-refractivity contribution in [1.29, 1.82) is 0 Å². The number of likely N-dealkylation sites (tertiary alicyclic amines) is 1. The maximum absolute atomic E-state index is 12.6. The first-order valence-electron chi connectivity index (χ1n) is 7.89. The molecule has 1 fully saturated rings. The number of rotatable bonds is 5. The Bertz CT molecular complexity index is 652. The molecule has 0 aliphatic carbocycles. The Kier molecular flexibility index (Phi) is 4.96. The van der Waals surface area contributed by atoms with Gasteiger partial charge in [-0.1, -0.05) is 0 Å². The van der Waals surface area contributed by atoms with E-state index in [1.165, 1.54) is 0 Å². The van der Waals surface area contributed by atoms with Gasteiger partial charge in [0.05, 0.1) is 23.6 Å². The van der Waals surface area contributed by atoms with E-state index in [-0.39, 0.29) is 18.4 Å².